The summed E-state index contributed by atoms with van der Waals surface area (Å²) in [5, 5.41) is 19.7. The number of aromatic hydroxyl groups is 1. The second-order valence-corrected chi connectivity index (χ2v) is 16.3. The molecule has 0 aliphatic rings. The number of benzene rings is 2. The lowest BCUT2D eigenvalue weighted by molar-refractivity contribution is -0.0438. The van der Waals surface area contributed by atoms with Gasteiger partial charge in [-0.1, -0.05) is 0 Å². The summed E-state index contributed by atoms with van der Waals surface area (Å²) in [6.07, 6.45) is 0. The van der Waals surface area contributed by atoms with Gasteiger partial charge in [0.15, 0.2) is 11.5 Å². The van der Waals surface area contributed by atoms with Crippen LogP contribution in [0.1, 0.15) is 73.4 Å². The molecule has 0 fully saturated rings. The topological polar surface area (TPSA) is 160 Å². The molecule has 0 saturated heterocycles. The lowest BCUT2D eigenvalue weighted by atomic mass is 10.2. The Bertz CT molecular complexity index is 1310. The first kappa shape index (κ1) is 52.2. The largest absolute Gasteiger partial charge is 0.508 e. The van der Waals surface area contributed by atoms with Crippen molar-refractivity contribution in [1.29, 1.82) is 0 Å². The summed E-state index contributed by atoms with van der Waals surface area (Å²) in [5.74, 6) is 1.60. The molecule has 59 heavy (non-hydrogen) atoms. The molecule has 0 saturated carbocycles. The Hall–Kier alpha value is -2.96. The highest BCUT2D eigenvalue weighted by Gasteiger charge is 2.18. The minimum Gasteiger partial charge on any atom is -0.508 e. The molecule has 15 heteroatoms. The van der Waals surface area contributed by atoms with Gasteiger partial charge in [0.1, 0.15) is 37.9 Å². The van der Waals surface area contributed by atoms with E-state index in [1.54, 1.807) is 6.07 Å². The summed E-state index contributed by atoms with van der Waals surface area (Å²) in [4.78, 5) is 0. The number of hydrogen-bond donors (Lipinski definition) is 2. The van der Waals surface area contributed by atoms with E-state index in [2.05, 4.69) is 0 Å². The molecule has 0 aliphatic carbocycles. The fourth-order valence-electron chi connectivity index (χ4n) is 4.87. The molecule has 0 aromatic heterocycles. The predicted octanol–water partition coefficient (Wildman–Crippen LogP) is 6.14. The minimum absolute atomic E-state index is 0.0149. The van der Waals surface area contributed by atoms with Crippen molar-refractivity contribution in [1.82, 2.24) is 0 Å². The van der Waals surface area contributed by atoms with Gasteiger partial charge < -0.3 is 71.8 Å². The van der Waals surface area contributed by atoms with Gasteiger partial charge in [-0.25, -0.2) is 0 Å². The molecule has 0 spiro atoms. The van der Waals surface area contributed by atoms with Crippen LogP contribution in [-0.2, 0) is 55.8 Å². The van der Waals surface area contributed by atoms with Gasteiger partial charge >= 0.3 is 0 Å². The van der Waals surface area contributed by atoms with E-state index in [0.29, 0.717) is 133 Å². The molecule has 2 aromatic rings. The van der Waals surface area contributed by atoms with Crippen LogP contribution in [0, 0.1) is 0 Å². The molecule has 2 rings (SSSR count). The van der Waals surface area contributed by atoms with Crippen LogP contribution in [0.2, 0.25) is 0 Å². The molecule has 0 amide bonds. The number of rotatable bonds is 34. The Morgan fingerprint density at radius 1 is 0.390 bits per heavy atom. The lowest BCUT2D eigenvalue weighted by Crippen LogP contribution is -2.22. The Morgan fingerprint density at radius 3 is 1.12 bits per heavy atom. The average molecular weight is 843 g/mol. The maximum absolute atomic E-state index is 10.1. The number of phenols is 1. The predicted molar refractivity (Wildman–Crippen MR) is 223 cm³/mol. The number of hydrogen-bond acceptors (Lipinski definition) is 15. The highest BCUT2D eigenvalue weighted by atomic mass is 16.6. The molecule has 340 valence electrons. The third kappa shape index (κ3) is 28.2. The van der Waals surface area contributed by atoms with Gasteiger partial charge in [0.25, 0.3) is 0 Å². The van der Waals surface area contributed by atoms with Gasteiger partial charge in [-0.15, -0.1) is 0 Å². The number of ether oxygens (including phenoxy) is 13. The van der Waals surface area contributed by atoms with Crippen molar-refractivity contribution in [2.75, 3.05) is 119 Å². The van der Waals surface area contributed by atoms with E-state index in [0.717, 1.165) is 0 Å². The van der Waals surface area contributed by atoms with Gasteiger partial charge in [0.2, 0.25) is 5.75 Å². The van der Waals surface area contributed by atoms with Crippen molar-refractivity contribution in [3.8, 4) is 28.7 Å². The van der Waals surface area contributed by atoms with Crippen LogP contribution >= 0.6 is 0 Å². The van der Waals surface area contributed by atoms with Crippen molar-refractivity contribution in [3.05, 3.63) is 41.5 Å². The van der Waals surface area contributed by atoms with E-state index < -0.39 is 0 Å². The molecule has 0 heterocycles. The molecule has 2 aromatic carbocycles. The minimum atomic E-state index is -0.241. The normalized spacial score (nSPS) is 12.2. The fourth-order valence-corrected chi connectivity index (χ4v) is 4.87. The van der Waals surface area contributed by atoms with Gasteiger partial charge in [0.05, 0.1) is 123 Å². The van der Waals surface area contributed by atoms with Crippen LogP contribution in [0.4, 0.5) is 0 Å². The Morgan fingerprint density at radius 2 is 0.746 bits per heavy atom. The monoisotopic (exact) mass is 843 g/mol. The van der Waals surface area contributed by atoms with Crippen molar-refractivity contribution in [2.45, 2.75) is 92.3 Å². The van der Waals surface area contributed by atoms with Crippen LogP contribution in [0.15, 0.2) is 30.3 Å². The summed E-state index contributed by atoms with van der Waals surface area (Å²) in [6.45, 7) is 24.9. The summed E-state index contributed by atoms with van der Waals surface area (Å²) in [7, 11) is 0. The molecule has 2 N–H and O–H groups in total. The zero-order valence-electron chi connectivity index (χ0n) is 37.2. The van der Waals surface area contributed by atoms with Crippen LogP contribution in [0.3, 0.4) is 0 Å². The smallest absolute Gasteiger partial charge is 0.203 e. The van der Waals surface area contributed by atoms with Crippen molar-refractivity contribution in [3.63, 3.8) is 0 Å². The van der Waals surface area contributed by atoms with Crippen LogP contribution in [0.5, 0.6) is 28.7 Å². The highest BCUT2D eigenvalue weighted by molar-refractivity contribution is 5.54. The highest BCUT2D eigenvalue weighted by Crippen LogP contribution is 2.39. The Labute approximate surface area is 352 Å². The second kappa shape index (κ2) is 29.3. The molecule has 0 radical (unpaired) electrons. The fraction of sp³-hybridized carbons (Fsp3) is 0.727. The van der Waals surface area contributed by atoms with E-state index in [4.69, 9.17) is 61.6 Å². The molecule has 0 bridgehead atoms. The maximum atomic E-state index is 10.1. The molecule has 0 aliphatic heterocycles. The summed E-state index contributed by atoms with van der Waals surface area (Å²) in [6, 6.07) is 8.23. The number of phenolic OH excluding ortho intramolecular Hbond substituents is 1. The van der Waals surface area contributed by atoms with Crippen molar-refractivity contribution >= 4 is 0 Å². The molecule has 15 nitrogen and oxygen atoms in total. The third-order valence-corrected chi connectivity index (χ3v) is 7.47. The Balaban J connectivity index is 2.07. The zero-order valence-corrected chi connectivity index (χ0v) is 37.2. The van der Waals surface area contributed by atoms with E-state index in [9.17, 15) is 10.2 Å². The van der Waals surface area contributed by atoms with Crippen molar-refractivity contribution < 1.29 is 71.8 Å². The van der Waals surface area contributed by atoms with Gasteiger partial charge in [0, 0.05) is 6.07 Å². The molecule has 0 atom stereocenters. The first-order chi connectivity index (χ1) is 28.0. The molecule has 0 unspecified atom stereocenters. The van der Waals surface area contributed by atoms with Crippen LogP contribution < -0.4 is 18.9 Å². The maximum Gasteiger partial charge on any atom is 0.203 e. The standard InChI is InChI=1S/C44H74O15/c1-42(2,3)57-25-19-50-13-10-47-16-22-53-39-30-36(34-56-38-29-35(33-45)28-37(46)32-38)31-40(54-23-17-48-11-14-51-20-26-58-43(4,5)6)41(39)55-24-18-49-12-15-52-21-27-59-44(7,8)9/h28-32,45-46H,10-27,33-34H2,1-9H3. The Kier molecular flexibility index (Phi) is 25.9. The second-order valence-electron chi connectivity index (χ2n) is 16.3. The quantitative estimate of drug-likeness (QED) is 0.0773. The van der Waals surface area contributed by atoms with Gasteiger partial charge in [-0.2, -0.15) is 0 Å². The zero-order chi connectivity index (χ0) is 43.4. The number of aliphatic hydroxyl groups is 1. The van der Waals surface area contributed by atoms with E-state index in [1.165, 1.54) is 12.1 Å². The average Bonchev–Trinajstić information content (AvgIpc) is 3.15. The van der Waals surface area contributed by atoms with E-state index in [1.807, 2.05) is 74.4 Å². The first-order valence-electron chi connectivity index (χ1n) is 20.5. The van der Waals surface area contributed by atoms with Crippen LogP contribution in [0.25, 0.3) is 0 Å². The van der Waals surface area contributed by atoms with Crippen molar-refractivity contribution in [2.24, 2.45) is 0 Å². The summed E-state index contributed by atoms with van der Waals surface area (Å²) < 4.78 is 75.9. The van der Waals surface area contributed by atoms with Gasteiger partial charge in [-0.3, -0.25) is 0 Å². The summed E-state index contributed by atoms with van der Waals surface area (Å²) in [5.41, 5.74) is 0.594. The SMILES string of the molecule is CC(C)(C)OCCOCCOCCOc1cc(COc2cc(O)cc(CO)c2)cc(OCCOCCOCCOC(C)(C)C)c1OCCOCCOCCOC(C)(C)C. The molecular weight excluding hydrogens is 768 g/mol. The third-order valence-electron chi connectivity index (χ3n) is 7.47. The van der Waals surface area contributed by atoms with Crippen LogP contribution in [-0.4, -0.2) is 146 Å². The first-order valence-corrected chi connectivity index (χ1v) is 20.5. The molecular formula is C44H74O15. The van der Waals surface area contributed by atoms with E-state index >= 15 is 0 Å². The lowest BCUT2D eigenvalue weighted by Gasteiger charge is -2.20. The summed E-state index contributed by atoms with van der Waals surface area (Å²) >= 11 is 0. The van der Waals surface area contributed by atoms with Gasteiger partial charge in [-0.05, 0) is 97.7 Å². The number of aliphatic hydroxyl groups excluding tert-OH is 1. The van der Waals surface area contributed by atoms with E-state index in [-0.39, 0.29) is 55.6 Å².